The first kappa shape index (κ1) is 24.0. The first-order valence-corrected chi connectivity index (χ1v) is 12.5. The van der Waals surface area contributed by atoms with Crippen molar-refractivity contribution in [2.24, 2.45) is 0 Å². The van der Waals surface area contributed by atoms with E-state index in [1.54, 1.807) is 60.7 Å². The van der Waals surface area contributed by atoms with Gasteiger partial charge in [0.2, 0.25) is 0 Å². The van der Waals surface area contributed by atoms with Crippen molar-refractivity contribution in [1.29, 1.82) is 0 Å². The second-order valence-corrected chi connectivity index (χ2v) is 10.2. The van der Waals surface area contributed by atoms with Crippen molar-refractivity contribution in [3.63, 3.8) is 0 Å². The van der Waals surface area contributed by atoms with Crippen molar-refractivity contribution < 1.29 is 18.7 Å². The van der Waals surface area contributed by atoms with Crippen molar-refractivity contribution in [2.45, 2.75) is 13.2 Å². The van der Waals surface area contributed by atoms with Crippen molar-refractivity contribution in [3.05, 3.63) is 102 Å². The van der Waals surface area contributed by atoms with Crippen LogP contribution in [-0.4, -0.2) is 16.0 Å². The second kappa shape index (κ2) is 10.4. The molecule has 3 aromatic carbocycles. The Bertz CT molecular complexity index is 1260. The van der Waals surface area contributed by atoms with Gasteiger partial charge in [0, 0.05) is 10.6 Å². The summed E-state index contributed by atoms with van der Waals surface area (Å²) in [5.74, 6) is -0.215. The number of nitrogens with zero attached hydrogens (tertiary/aromatic N) is 1. The number of rotatable bonds is 6. The number of imide groups is 1. The summed E-state index contributed by atoms with van der Waals surface area (Å²) in [6, 6.07) is 17.0. The van der Waals surface area contributed by atoms with Gasteiger partial charge in [-0.25, -0.2) is 4.39 Å². The number of ether oxygens (including phenoxy) is 1. The van der Waals surface area contributed by atoms with Crippen molar-refractivity contribution >= 4 is 72.4 Å². The molecular weight excluding hydrogens is 597 g/mol. The maximum Gasteiger partial charge on any atom is 0.293 e. The molecule has 0 atom stereocenters. The topological polar surface area (TPSA) is 46.6 Å². The summed E-state index contributed by atoms with van der Waals surface area (Å²) in [5.41, 5.74) is 1.83. The monoisotopic (exact) mass is 609 g/mol. The molecule has 1 aliphatic heterocycles. The fourth-order valence-electron chi connectivity index (χ4n) is 3.15. The Morgan fingerprint density at radius 3 is 2.30 bits per heavy atom. The molecule has 3 aromatic rings. The smallest absolute Gasteiger partial charge is 0.293 e. The third kappa shape index (κ3) is 5.51. The average molecular weight is 612 g/mol. The molecule has 9 heteroatoms. The Balaban J connectivity index is 1.52. The highest BCUT2D eigenvalue weighted by Crippen LogP contribution is 2.38. The molecule has 33 heavy (non-hydrogen) atoms. The summed E-state index contributed by atoms with van der Waals surface area (Å²) in [6.07, 6.45) is 1.65. The van der Waals surface area contributed by atoms with Crippen LogP contribution >= 0.6 is 55.2 Å². The Hall–Kier alpha value is -2.13. The van der Waals surface area contributed by atoms with Crippen LogP contribution in [0.15, 0.2) is 74.5 Å². The van der Waals surface area contributed by atoms with E-state index >= 15 is 0 Å². The van der Waals surface area contributed by atoms with Gasteiger partial charge in [-0.05, 0) is 85.1 Å². The zero-order valence-corrected chi connectivity index (χ0v) is 21.6. The molecule has 4 rings (SSSR count). The molecule has 4 nitrogen and oxygen atoms in total. The highest BCUT2D eigenvalue weighted by molar-refractivity contribution is 9.11. The van der Waals surface area contributed by atoms with E-state index in [9.17, 15) is 14.0 Å². The fraction of sp³-hybridized carbons (Fsp3) is 0.0833. The third-order valence-electron chi connectivity index (χ3n) is 4.81. The molecule has 2 amide bonds. The van der Waals surface area contributed by atoms with E-state index in [1.807, 2.05) is 0 Å². The van der Waals surface area contributed by atoms with Crippen LogP contribution in [-0.2, 0) is 17.9 Å². The summed E-state index contributed by atoms with van der Waals surface area (Å²) in [5, 5.41) is 0.147. The molecule has 1 heterocycles. The lowest BCUT2D eigenvalue weighted by molar-refractivity contribution is -0.123. The number of hydrogen-bond donors (Lipinski definition) is 0. The van der Waals surface area contributed by atoms with Gasteiger partial charge in [-0.3, -0.25) is 14.5 Å². The van der Waals surface area contributed by atoms with Gasteiger partial charge < -0.3 is 4.74 Å². The van der Waals surface area contributed by atoms with E-state index in [-0.39, 0.29) is 30.1 Å². The normalized spacial score (nSPS) is 14.9. The van der Waals surface area contributed by atoms with Crippen LogP contribution in [0.5, 0.6) is 5.75 Å². The number of halogens is 4. The van der Waals surface area contributed by atoms with E-state index in [1.165, 1.54) is 11.0 Å². The van der Waals surface area contributed by atoms with Crippen LogP contribution in [0.4, 0.5) is 9.18 Å². The van der Waals surface area contributed by atoms with Crippen LogP contribution in [0.3, 0.4) is 0 Å². The molecular formula is C24H15Br2ClFNO3S. The Kier molecular flexibility index (Phi) is 7.58. The predicted molar refractivity (Wildman–Crippen MR) is 136 cm³/mol. The van der Waals surface area contributed by atoms with Gasteiger partial charge in [-0.15, -0.1) is 0 Å². The quantitative estimate of drug-likeness (QED) is 0.267. The second-order valence-electron chi connectivity index (χ2n) is 7.05. The largest absolute Gasteiger partial charge is 0.486 e. The fourth-order valence-corrected chi connectivity index (χ4v) is 5.64. The van der Waals surface area contributed by atoms with Gasteiger partial charge in [-0.1, -0.05) is 48.0 Å². The van der Waals surface area contributed by atoms with Gasteiger partial charge in [0.05, 0.1) is 20.4 Å². The Labute approximate surface area is 216 Å². The molecule has 0 bridgehead atoms. The Morgan fingerprint density at radius 1 is 1.00 bits per heavy atom. The molecule has 0 aliphatic carbocycles. The number of amides is 2. The number of carbonyl (C=O) groups is 2. The summed E-state index contributed by atoms with van der Waals surface area (Å²) in [4.78, 5) is 26.8. The van der Waals surface area contributed by atoms with Gasteiger partial charge >= 0.3 is 0 Å². The summed E-state index contributed by atoms with van der Waals surface area (Å²) >= 11 is 14.0. The lowest BCUT2D eigenvalue weighted by atomic mass is 10.2. The first-order valence-electron chi connectivity index (χ1n) is 9.67. The first-order chi connectivity index (χ1) is 15.8. The van der Waals surface area contributed by atoms with Gasteiger partial charge in [-0.2, -0.15) is 0 Å². The van der Waals surface area contributed by atoms with Gasteiger partial charge in [0.25, 0.3) is 11.1 Å². The summed E-state index contributed by atoms with van der Waals surface area (Å²) in [7, 11) is 0. The molecule has 0 aromatic heterocycles. The number of thioether (sulfide) groups is 1. The van der Waals surface area contributed by atoms with E-state index < -0.39 is 0 Å². The van der Waals surface area contributed by atoms with Crippen LogP contribution in [0.25, 0.3) is 6.08 Å². The molecule has 0 spiro atoms. The molecule has 1 saturated heterocycles. The van der Waals surface area contributed by atoms with E-state index in [2.05, 4.69) is 31.9 Å². The minimum absolute atomic E-state index is 0.0597. The predicted octanol–water partition coefficient (Wildman–Crippen LogP) is 7.82. The van der Waals surface area contributed by atoms with E-state index in [0.29, 0.717) is 41.3 Å². The number of benzene rings is 3. The van der Waals surface area contributed by atoms with E-state index in [4.69, 9.17) is 16.3 Å². The van der Waals surface area contributed by atoms with Gasteiger partial charge in [0.15, 0.2) is 0 Å². The molecule has 168 valence electrons. The maximum absolute atomic E-state index is 13.9. The summed E-state index contributed by atoms with van der Waals surface area (Å²) < 4.78 is 20.9. The standard InChI is InChI=1S/C24H15Br2ClFNO3S/c25-17-9-14(10-18(26)22(17)32-13-16-6-2-4-8-20(16)28)11-21-23(30)29(24(31)33-21)12-15-5-1-3-7-19(15)27/h1-11H,12-13H2/b21-11-. The highest BCUT2D eigenvalue weighted by Gasteiger charge is 2.35. The molecule has 1 fully saturated rings. The van der Waals surface area contributed by atoms with Crippen LogP contribution in [0.2, 0.25) is 5.02 Å². The average Bonchev–Trinajstić information content (AvgIpc) is 3.03. The molecule has 0 saturated carbocycles. The Morgan fingerprint density at radius 2 is 1.64 bits per heavy atom. The number of hydrogen-bond acceptors (Lipinski definition) is 4. The van der Waals surface area contributed by atoms with Crippen molar-refractivity contribution in [1.82, 2.24) is 4.90 Å². The zero-order chi connectivity index (χ0) is 23.5. The van der Waals surface area contributed by atoms with Gasteiger partial charge in [0.1, 0.15) is 18.2 Å². The van der Waals surface area contributed by atoms with Crippen molar-refractivity contribution in [2.75, 3.05) is 0 Å². The lowest BCUT2D eigenvalue weighted by Crippen LogP contribution is -2.27. The third-order valence-corrected chi connectivity index (χ3v) is 7.26. The molecule has 0 radical (unpaired) electrons. The maximum atomic E-state index is 13.9. The SMILES string of the molecule is O=C1S/C(=C\c2cc(Br)c(OCc3ccccc3F)c(Br)c2)C(=O)N1Cc1ccccc1Cl. The van der Waals surface area contributed by atoms with Crippen LogP contribution in [0.1, 0.15) is 16.7 Å². The van der Waals surface area contributed by atoms with Crippen LogP contribution in [0, 0.1) is 5.82 Å². The molecule has 0 N–H and O–H groups in total. The van der Waals surface area contributed by atoms with E-state index in [0.717, 1.165) is 11.8 Å². The lowest BCUT2D eigenvalue weighted by Gasteiger charge is -2.13. The highest BCUT2D eigenvalue weighted by atomic mass is 79.9. The molecule has 1 aliphatic rings. The minimum atomic E-state index is -0.378. The molecule has 0 unspecified atom stereocenters. The summed E-state index contributed by atoms with van der Waals surface area (Å²) in [6.45, 7) is 0.169. The van der Waals surface area contributed by atoms with Crippen molar-refractivity contribution in [3.8, 4) is 5.75 Å². The number of carbonyl (C=O) groups excluding carboxylic acids is 2. The minimum Gasteiger partial charge on any atom is -0.486 e. The zero-order valence-electron chi connectivity index (χ0n) is 16.9. The van der Waals surface area contributed by atoms with Crippen LogP contribution < -0.4 is 4.74 Å².